The summed E-state index contributed by atoms with van der Waals surface area (Å²) in [6, 6.07) is 13.5. The number of fused-ring (bicyclic) bond motifs is 1. The summed E-state index contributed by atoms with van der Waals surface area (Å²) in [7, 11) is 1.65. The fraction of sp³-hybridized carbons (Fsp3) is 0.125. The molecule has 2 aromatic carbocycles. The molecule has 106 valence electrons. The topological polar surface area (TPSA) is 73.1 Å². The maximum absolute atomic E-state index is 5.83. The van der Waals surface area contributed by atoms with Gasteiger partial charge in [-0.25, -0.2) is 9.97 Å². The summed E-state index contributed by atoms with van der Waals surface area (Å²) in [6.45, 7) is 0.579. The van der Waals surface area contributed by atoms with Gasteiger partial charge >= 0.3 is 0 Å². The molecule has 21 heavy (non-hydrogen) atoms. The first-order valence-electron chi connectivity index (χ1n) is 6.64. The average Bonchev–Trinajstić information content (AvgIpc) is 2.53. The van der Waals surface area contributed by atoms with Gasteiger partial charge in [-0.3, -0.25) is 0 Å². The minimum Gasteiger partial charge on any atom is -0.496 e. The van der Waals surface area contributed by atoms with E-state index in [1.54, 1.807) is 13.4 Å². The van der Waals surface area contributed by atoms with Gasteiger partial charge in [0.15, 0.2) is 0 Å². The highest BCUT2D eigenvalue weighted by Gasteiger charge is 2.06. The zero-order chi connectivity index (χ0) is 14.7. The molecule has 0 fully saturated rings. The maximum Gasteiger partial charge on any atom is 0.137 e. The van der Waals surface area contributed by atoms with Gasteiger partial charge in [-0.1, -0.05) is 12.1 Å². The molecule has 0 atom stereocenters. The van der Waals surface area contributed by atoms with Crippen LogP contribution in [0.5, 0.6) is 5.75 Å². The van der Waals surface area contributed by atoms with Crippen molar-refractivity contribution in [2.45, 2.75) is 6.54 Å². The van der Waals surface area contributed by atoms with Crippen molar-refractivity contribution in [2.24, 2.45) is 0 Å². The molecule has 0 amide bonds. The van der Waals surface area contributed by atoms with Crippen LogP contribution >= 0.6 is 0 Å². The number of hydrogen-bond acceptors (Lipinski definition) is 5. The molecule has 1 heterocycles. The lowest BCUT2D eigenvalue weighted by atomic mass is 10.1. The van der Waals surface area contributed by atoms with E-state index in [0.717, 1.165) is 28.0 Å². The highest BCUT2D eigenvalue weighted by atomic mass is 16.5. The number of aromatic nitrogens is 2. The van der Waals surface area contributed by atoms with Crippen molar-refractivity contribution >= 4 is 22.4 Å². The van der Waals surface area contributed by atoms with E-state index in [0.29, 0.717) is 12.2 Å². The van der Waals surface area contributed by atoms with Gasteiger partial charge in [0, 0.05) is 23.2 Å². The second kappa shape index (κ2) is 5.66. The third-order valence-corrected chi connectivity index (χ3v) is 3.29. The molecule has 0 saturated carbocycles. The first-order valence-corrected chi connectivity index (χ1v) is 6.64. The van der Waals surface area contributed by atoms with Crippen molar-refractivity contribution in [1.29, 1.82) is 0 Å². The van der Waals surface area contributed by atoms with Crippen LogP contribution in [0, 0.1) is 0 Å². The summed E-state index contributed by atoms with van der Waals surface area (Å²) in [5.74, 6) is 1.60. The molecule has 0 spiro atoms. The van der Waals surface area contributed by atoms with Crippen molar-refractivity contribution < 1.29 is 4.74 Å². The largest absolute Gasteiger partial charge is 0.496 e. The molecule has 0 aliphatic carbocycles. The lowest BCUT2D eigenvalue weighted by Gasteiger charge is -2.12. The Balaban J connectivity index is 1.89. The number of hydrogen-bond donors (Lipinski definition) is 2. The number of anilines is 2. The fourth-order valence-corrected chi connectivity index (χ4v) is 2.26. The molecular formula is C16H16N4O. The molecule has 0 unspecified atom stereocenters. The van der Waals surface area contributed by atoms with Gasteiger partial charge < -0.3 is 15.8 Å². The van der Waals surface area contributed by atoms with E-state index in [1.807, 2.05) is 42.5 Å². The Labute approximate surface area is 122 Å². The van der Waals surface area contributed by atoms with Crippen LogP contribution in [0.2, 0.25) is 0 Å². The van der Waals surface area contributed by atoms with Gasteiger partial charge in [0.1, 0.15) is 17.9 Å². The van der Waals surface area contributed by atoms with E-state index in [2.05, 4.69) is 15.3 Å². The molecule has 3 rings (SSSR count). The molecule has 0 aliphatic rings. The molecule has 0 saturated heterocycles. The van der Waals surface area contributed by atoms with Crippen LogP contribution in [-0.4, -0.2) is 17.1 Å². The van der Waals surface area contributed by atoms with Crippen molar-refractivity contribution in [1.82, 2.24) is 9.97 Å². The number of nitrogens with two attached hydrogens (primary N) is 1. The number of benzene rings is 2. The summed E-state index contributed by atoms with van der Waals surface area (Å²) in [6.07, 6.45) is 1.56. The zero-order valence-electron chi connectivity index (χ0n) is 11.7. The number of ether oxygens (including phenoxy) is 1. The molecule has 3 N–H and O–H groups in total. The predicted molar refractivity (Wildman–Crippen MR) is 84.3 cm³/mol. The molecule has 5 heteroatoms. The molecule has 0 bridgehead atoms. The van der Waals surface area contributed by atoms with Crippen LogP contribution in [0.4, 0.5) is 11.5 Å². The van der Waals surface area contributed by atoms with Gasteiger partial charge in [0.2, 0.25) is 0 Å². The molecule has 1 aromatic heterocycles. The van der Waals surface area contributed by atoms with E-state index in [9.17, 15) is 0 Å². The van der Waals surface area contributed by atoms with Crippen LogP contribution in [-0.2, 0) is 6.54 Å². The summed E-state index contributed by atoms with van der Waals surface area (Å²) in [4.78, 5) is 8.55. The van der Waals surface area contributed by atoms with Crippen molar-refractivity contribution in [3.8, 4) is 5.75 Å². The van der Waals surface area contributed by atoms with E-state index < -0.39 is 0 Å². The van der Waals surface area contributed by atoms with Crippen LogP contribution in [0.25, 0.3) is 10.9 Å². The monoisotopic (exact) mass is 280 g/mol. The zero-order valence-corrected chi connectivity index (χ0v) is 11.7. The Kier molecular flexibility index (Phi) is 3.55. The Morgan fingerprint density at radius 1 is 1.14 bits per heavy atom. The van der Waals surface area contributed by atoms with Gasteiger partial charge in [-0.15, -0.1) is 0 Å². The third-order valence-electron chi connectivity index (χ3n) is 3.29. The number of para-hydroxylation sites is 1. The quantitative estimate of drug-likeness (QED) is 0.719. The van der Waals surface area contributed by atoms with Gasteiger partial charge in [-0.05, 0) is 30.3 Å². The van der Waals surface area contributed by atoms with Gasteiger partial charge in [-0.2, -0.15) is 0 Å². The highest BCUT2D eigenvalue weighted by Crippen LogP contribution is 2.24. The van der Waals surface area contributed by atoms with Crippen LogP contribution in [0.1, 0.15) is 5.56 Å². The second-order valence-electron chi connectivity index (χ2n) is 4.66. The summed E-state index contributed by atoms with van der Waals surface area (Å²) >= 11 is 0. The Morgan fingerprint density at radius 3 is 2.86 bits per heavy atom. The van der Waals surface area contributed by atoms with E-state index in [1.165, 1.54) is 0 Å². The fourth-order valence-electron chi connectivity index (χ4n) is 2.26. The Hall–Kier alpha value is -2.82. The molecule has 0 aliphatic heterocycles. The Morgan fingerprint density at radius 2 is 2.00 bits per heavy atom. The minimum atomic E-state index is 0.579. The molecule has 0 radical (unpaired) electrons. The minimum absolute atomic E-state index is 0.579. The second-order valence-corrected chi connectivity index (χ2v) is 4.66. The van der Waals surface area contributed by atoms with E-state index in [-0.39, 0.29) is 0 Å². The summed E-state index contributed by atoms with van der Waals surface area (Å²) in [5, 5.41) is 4.31. The lowest BCUT2D eigenvalue weighted by molar-refractivity contribution is 0.410. The SMILES string of the molecule is COc1ccc(N)cc1CNc1ncnc2ccccc12. The summed E-state index contributed by atoms with van der Waals surface area (Å²) < 4.78 is 5.35. The van der Waals surface area contributed by atoms with Crippen LogP contribution in [0.15, 0.2) is 48.8 Å². The highest BCUT2D eigenvalue weighted by molar-refractivity contribution is 5.88. The van der Waals surface area contributed by atoms with Crippen LogP contribution in [0.3, 0.4) is 0 Å². The lowest BCUT2D eigenvalue weighted by Crippen LogP contribution is -2.04. The van der Waals surface area contributed by atoms with Crippen molar-refractivity contribution in [3.63, 3.8) is 0 Å². The van der Waals surface area contributed by atoms with Gasteiger partial charge in [0.05, 0.1) is 12.6 Å². The third kappa shape index (κ3) is 2.72. The van der Waals surface area contributed by atoms with Crippen molar-refractivity contribution in [3.05, 3.63) is 54.4 Å². The maximum atomic E-state index is 5.83. The standard InChI is InChI=1S/C16H16N4O/c1-21-15-7-6-12(17)8-11(15)9-18-16-13-4-2-3-5-14(13)19-10-20-16/h2-8,10H,9,17H2,1H3,(H,18,19,20). The number of nitrogen functional groups attached to an aromatic ring is 1. The smallest absolute Gasteiger partial charge is 0.137 e. The predicted octanol–water partition coefficient (Wildman–Crippen LogP) is 2.83. The van der Waals surface area contributed by atoms with Gasteiger partial charge in [0.25, 0.3) is 0 Å². The van der Waals surface area contributed by atoms with E-state index >= 15 is 0 Å². The average molecular weight is 280 g/mol. The number of rotatable bonds is 4. The first kappa shape index (κ1) is 13.2. The number of methoxy groups -OCH3 is 1. The molecule has 5 nitrogen and oxygen atoms in total. The van der Waals surface area contributed by atoms with E-state index in [4.69, 9.17) is 10.5 Å². The molecule has 3 aromatic rings. The first-order chi connectivity index (χ1) is 10.3. The summed E-state index contributed by atoms with van der Waals surface area (Å²) in [5.41, 5.74) is 8.44. The number of nitrogens with zero attached hydrogens (tertiary/aromatic N) is 2. The van der Waals surface area contributed by atoms with Crippen molar-refractivity contribution in [2.75, 3.05) is 18.2 Å². The molecular weight excluding hydrogens is 264 g/mol. The number of nitrogens with one attached hydrogen (secondary N) is 1. The van der Waals surface area contributed by atoms with Crippen LogP contribution < -0.4 is 15.8 Å². The normalized spacial score (nSPS) is 10.5. The Bertz CT molecular complexity index is 768.